The lowest BCUT2D eigenvalue weighted by atomic mass is 9.95. The number of nitrogens with one attached hydrogen (secondary N) is 1. The Balaban J connectivity index is 1.80. The van der Waals surface area contributed by atoms with E-state index in [-0.39, 0.29) is 16.7 Å². The highest BCUT2D eigenvalue weighted by molar-refractivity contribution is 7.89. The maximum absolute atomic E-state index is 15.0. The number of ether oxygens (including phenoxy) is 1. The van der Waals surface area contributed by atoms with Crippen LogP contribution in [0.3, 0.4) is 0 Å². The SMILES string of the molecule is CNS(=O)(=O)c1cccc(C(N)c2c(C)c3ccc(Oc4nccs4)cc3oc2=O)c1F. The summed E-state index contributed by atoms with van der Waals surface area (Å²) in [5, 5.41) is 2.79. The molecular formula is C21H18FN3O5S2. The number of fused-ring (bicyclic) bond motifs is 1. The molecule has 11 heteroatoms. The Kier molecular flexibility index (Phi) is 5.82. The minimum Gasteiger partial charge on any atom is -0.431 e. The van der Waals surface area contributed by atoms with Crippen molar-refractivity contribution in [3.63, 3.8) is 0 Å². The van der Waals surface area contributed by atoms with Gasteiger partial charge in [-0.1, -0.05) is 23.5 Å². The van der Waals surface area contributed by atoms with Gasteiger partial charge in [-0.25, -0.2) is 27.3 Å². The molecule has 0 aliphatic carbocycles. The maximum Gasteiger partial charge on any atom is 0.341 e. The van der Waals surface area contributed by atoms with Crippen molar-refractivity contribution in [3.05, 3.63) is 80.9 Å². The number of sulfonamides is 1. The first-order valence-corrected chi connectivity index (χ1v) is 11.7. The van der Waals surface area contributed by atoms with E-state index in [1.54, 1.807) is 36.7 Å². The second kappa shape index (κ2) is 8.43. The summed E-state index contributed by atoms with van der Waals surface area (Å²) in [6.07, 6.45) is 1.61. The summed E-state index contributed by atoms with van der Waals surface area (Å²) < 4.78 is 52.4. The highest BCUT2D eigenvalue weighted by Crippen LogP contribution is 2.32. The molecule has 2 aromatic carbocycles. The molecule has 1 unspecified atom stereocenters. The summed E-state index contributed by atoms with van der Waals surface area (Å²) in [6, 6.07) is 7.52. The molecule has 166 valence electrons. The van der Waals surface area contributed by atoms with Crippen LogP contribution in [0.5, 0.6) is 10.9 Å². The van der Waals surface area contributed by atoms with Gasteiger partial charge in [0.05, 0.1) is 11.6 Å². The average molecular weight is 476 g/mol. The third kappa shape index (κ3) is 3.91. The third-order valence-electron chi connectivity index (χ3n) is 5.00. The Labute approximate surface area is 186 Å². The van der Waals surface area contributed by atoms with E-state index >= 15 is 4.39 Å². The molecule has 0 radical (unpaired) electrons. The van der Waals surface area contributed by atoms with E-state index in [0.29, 0.717) is 21.9 Å². The lowest BCUT2D eigenvalue weighted by Crippen LogP contribution is -2.25. The van der Waals surface area contributed by atoms with Gasteiger partial charge in [-0.05, 0) is 37.7 Å². The summed E-state index contributed by atoms with van der Waals surface area (Å²) in [6.45, 7) is 1.67. The third-order valence-corrected chi connectivity index (χ3v) is 7.08. The summed E-state index contributed by atoms with van der Waals surface area (Å²) in [5.41, 5.74) is 6.13. The molecule has 3 N–H and O–H groups in total. The van der Waals surface area contributed by atoms with Crippen LogP contribution >= 0.6 is 11.3 Å². The summed E-state index contributed by atoms with van der Waals surface area (Å²) in [4.78, 5) is 16.3. The quantitative estimate of drug-likeness (QED) is 0.409. The van der Waals surface area contributed by atoms with E-state index in [1.807, 2.05) is 0 Å². The molecule has 32 heavy (non-hydrogen) atoms. The second-order valence-corrected chi connectivity index (χ2v) is 9.54. The Morgan fingerprint density at radius 1 is 1.28 bits per heavy atom. The van der Waals surface area contributed by atoms with E-state index in [9.17, 15) is 13.2 Å². The standard InChI is InChI=1S/C21H18FN3O5S2/c1-11-13-7-6-12(29-21-25-8-9-31-21)10-15(13)30-20(26)17(11)19(23)14-4-3-5-16(18(14)22)32(27,28)24-2/h3-10,19,24H,23H2,1-2H3. The smallest absolute Gasteiger partial charge is 0.341 e. The highest BCUT2D eigenvalue weighted by Gasteiger charge is 2.26. The molecule has 0 aliphatic heterocycles. The lowest BCUT2D eigenvalue weighted by molar-refractivity contribution is 0.476. The number of aryl methyl sites for hydroxylation is 1. The van der Waals surface area contributed by atoms with Gasteiger partial charge in [-0.2, -0.15) is 0 Å². The van der Waals surface area contributed by atoms with Crippen LogP contribution in [0, 0.1) is 12.7 Å². The van der Waals surface area contributed by atoms with Crippen molar-refractivity contribution in [1.29, 1.82) is 0 Å². The van der Waals surface area contributed by atoms with Crippen molar-refractivity contribution in [2.75, 3.05) is 7.05 Å². The van der Waals surface area contributed by atoms with Gasteiger partial charge in [0.2, 0.25) is 10.0 Å². The lowest BCUT2D eigenvalue weighted by Gasteiger charge is -2.17. The predicted molar refractivity (Wildman–Crippen MR) is 118 cm³/mol. The Bertz CT molecular complexity index is 1470. The number of halogens is 1. The first kappa shape index (κ1) is 22.1. The zero-order valence-corrected chi connectivity index (χ0v) is 18.6. The second-order valence-electron chi connectivity index (χ2n) is 6.83. The molecular weight excluding hydrogens is 457 g/mol. The molecule has 0 spiro atoms. The molecule has 0 saturated carbocycles. The van der Waals surface area contributed by atoms with Crippen LogP contribution in [0.2, 0.25) is 0 Å². The van der Waals surface area contributed by atoms with Crippen molar-refractivity contribution >= 4 is 32.3 Å². The van der Waals surface area contributed by atoms with Gasteiger partial charge in [-0.3, -0.25) is 0 Å². The van der Waals surface area contributed by atoms with Crippen molar-refractivity contribution in [3.8, 4) is 10.9 Å². The predicted octanol–water partition coefficient (Wildman–Crippen LogP) is 3.45. The monoisotopic (exact) mass is 475 g/mol. The van der Waals surface area contributed by atoms with Crippen LogP contribution in [0.25, 0.3) is 11.0 Å². The van der Waals surface area contributed by atoms with Gasteiger partial charge in [0, 0.05) is 28.6 Å². The average Bonchev–Trinajstić information content (AvgIpc) is 3.26. The van der Waals surface area contributed by atoms with Crippen LogP contribution in [-0.4, -0.2) is 20.4 Å². The summed E-state index contributed by atoms with van der Waals surface area (Å²) in [5.74, 6) is -0.594. The molecule has 0 aliphatic rings. The molecule has 4 aromatic rings. The van der Waals surface area contributed by atoms with Crippen LogP contribution in [0.1, 0.15) is 22.7 Å². The fraction of sp³-hybridized carbons (Fsp3) is 0.143. The Morgan fingerprint density at radius 2 is 2.06 bits per heavy atom. The molecule has 0 fully saturated rings. The number of hydrogen-bond donors (Lipinski definition) is 2. The molecule has 8 nitrogen and oxygen atoms in total. The van der Waals surface area contributed by atoms with Crippen LogP contribution < -0.4 is 20.8 Å². The number of rotatable bonds is 6. The molecule has 1 atom stereocenters. The molecule has 0 saturated heterocycles. The molecule has 2 heterocycles. The van der Waals surface area contributed by atoms with Gasteiger partial charge < -0.3 is 14.9 Å². The van der Waals surface area contributed by atoms with Crippen LogP contribution in [0.4, 0.5) is 4.39 Å². The fourth-order valence-corrected chi connectivity index (χ4v) is 4.71. The first-order chi connectivity index (χ1) is 15.2. The van der Waals surface area contributed by atoms with Crippen molar-refractivity contribution in [2.24, 2.45) is 5.73 Å². The van der Waals surface area contributed by atoms with Gasteiger partial charge >= 0.3 is 5.63 Å². The maximum atomic E-state index is 15.0. The molecule has 0 amide bonds. The van der Waals surface area contributed by atoms with Gasteiger partial charge in [0.15, 0.2) is 0 Å². The largest absolute Gasteiger partial charge is 0.431 e. The first-order valence-electron chi connectivity index (χ1n) is 9.35. The van der Waals surface area contributed by atoms with Gasteiger partial charge in [0.25, 0.3) is 5.19 Å². The number of hydrogen-bond acceptors (Lipinski definition) is 8. The van der Waals surface area contributed by atoms with E-state index < -0.39 is 32.4 Å². The number of thiazole rings is 1. The minimum absolute atomic E-state index is 0.0315. The van der Waals surface area contributed by atoms with Gasteiger partial charge in [-0.15, -0.1) is 0 Å². The number of nitrogens with two attached hydrogens (primary N) is 1. The zero-order chi connectivity index (χ0) is 23.0. The zero-order valence-electron chi connectivity index (χ0n) is 17.0. The Hall–Kier alpha value is -3.12. The van der Waals surface area contributed by atoms with E-state index in [4.69, 9.17) is 14.9 Å². The molecule has 2 aromatic heterocycles. The van der Waals surface area contributed by atoms with E-state index in [1.165, 1.54) is 30.5 Å². The van der Waals surface area contributed by atoms with Crippen LogP contribution in [-0.2, 0) is 10.0 Å². The van der Waals surface area contributed by atoms with Gasteiger partial charge in [0.1, 0.15) is 22.0 Å². The normalized spacial score (nSPS) is 12.8. The topological polar surface area (TPSA) is 125 Å². The fourth-order valence-electron chi connectivity index (χ4n) is 3.38. The molecule has 0 bridgehead atoms. The minimum atomic E-state index is -4.05. The van der Waals surface area contributed by atoms with Crippen LogP contribution in [0.15, 0.2) is 62.1 Å². The number of nitrogens with zero attached hydrogens (tertiary/aromatic N) is 1. The highest BCUT2D eigenvalue weighted by atomic mass is 32.2. The number of aromatic nitrogens is 1. The van der Waals surface area contributed by atoms with E-state index in [2.05, 4.69) is 9.71 Å². The Morgan fingerprint density at radius 3 is 2.75 bits per heavy atom. The van der Waals surface area contributed by atoms with Crippen molar-refractivity contribution in [2.45, 2.75) is 17.9 Å². The van der Waals surface area contributed by atoms with E-state index in [0.717, 1.165) is 6.07 Å². The summed E-state index contributed by atoms with van der Waals surface area (Å²) >= 11 is 1.31. The number of benzene rings is 2. The summed E-state index contributed by atoms with van der Waals surface area (Å²) in [7, 11) is -2.87. The van der Waals surface area contributed by atoms with Crippen molar-refractivity contribution in [1.82, 2.24) is 9.71 Å². The van der Waals surface area contributed by atoms with Crippen molar-refractivity contribution < 1.29 is 22.0 Å². The molecule has 4 rings (SSSR count).